The fourth-order valence-corrected chi connectivity index (χ4v) is 2.65. The highest BCUT2D eigenvalue weighted by molar-refractivity contribution is 6.32. The fraction of sp³-hybridized carbons (Fsp3) is 0.235. The molecule has 2 nitrogen and oxygen atoms in total. The number of Topliss-reactive ketones (excluding diaryl/α,β-unsaturated/α-hetero) is 1. The number of ketones is 1. The second kappa shape index (κ2) is 6.27. The summed E-state index contributed by atoms with van der Waals surface area (Å²) in [5, 5.41) is 0.153. The predicted octanol–water partition coefficient (Wildman–Crippen LogP) is 4.67. The van der Waals surface area contributed by atoms with Crippen molar-refractivity contribution in [2.75, 3.05) is 6.61 Å². The molecule has 2 rings (SSSR count). The van der Waals surface area contributed by atoms with Gasteiger partial charge in [-0.25, -0.2) is 4.39 Å². The zero-order valence-corrected chi connectivity index (χ0v) is 12.9. The van der Waals surface area contributed by atoms with Gasteiger partial charge in [0.2, 0.25) is 5.78 Å². The van der Waals surface area contributed by atoms with E-state index in [0.717, 1.165) is 22.8 Å². The van der Waals surface area contributed by atoms with Crippen LogP contribution in [0.5, 0.6) is 5.75 Å². The molecule has 0 aromatic heterocycles. The van der Waals surface area contributed by atoms with Gasteiger partial charge < -0.3 is 4.74 Å². The third-order valence-corrected chi connectivity index (χ3v) is 3.50. The number of aryl methyl sites for hydroxylation is 3. The van der Waals surface area contributed by atoms with Crippen molar-refractivity contribution < 1.29 is 13.9 Å². The van der Waals surface area contributed by atoms with Gasteiger partial charge in [0, 0.05) is 5.56 Å². The highest BCUT2D eigenvalue weighted by atomic mass is 35.5. The summed E-state index contributed by atoms with van der Waals surface area (Å²) in [5.41, 5.74) is 3.63. The van der Waals surface area contributed by atoms with Gasteiger partial charge in [0.25, 0.3) is 0 Å². The van der Waals surface area contributed by atoms with Gasteiger partial charge in [-0.15, -0.1) is 0 Å². The van der Waals surface area contributed by atoms with Crippen LogP contribution in [-0.4, -0.2) is 12.4 Å². The van der Waals surface area contributed by atoms with Crippen LogP contribution in [0.15, 0.2) is 30.3 Å². The Morgan fingerprint density at radius 2 is 1.76 bits per heavy atom. The third-order valence-electron chi connectivity index (χ3n) is 3.21. The molecule has 0 N–H and O–H groups in total. The molecule has 110 valence electrons. The van der Waals surface area contributed by atoms with E-state index in [4.69, 9.17) is 16.3 Å². The van der Waals surface area contributed by atoms with Crippen LogP contribution in [0.25, 0.3) is 0 Å². The lowest BCUT2D eigenvalue weighted by atomic mass is 9.97. The van der Waals surface area contributed by atoms with Gasteiger partial charge in [0.1, 0.15) is 11.6 Å². The van der Waals surface area contributed by atoms with Crippen LogP contribution in [0, 0.1) is 26.6 Å². The predicted molar refractivity (Wildman–Crippen MR) is 81.9 cm³/mol. The zero-order chi connectivity index (χ0) is 15.6. The molecule has 0 unspecified atom stereocenters. The summed E-state index contributed by atoms with van der Waals surface area (Å²) >= 11 is 5.87. The normalized spacial score (nSPS) is 10.5. The Labute approximate surface area is 128 Å². The molecule has 0 saturated heterocycles. The van der Waals surface area contributed by atoms with Crippen LogP contribution in [0.1, 0.15) is 27.0 Å². The molecule has 0 saturated carbocycles. The smallest absolute Gasteiger partial charge is 0.200 e. The van der Waals surface area contributed by atoms with E-state index in [2.05, 4.69) is 0 Å². The molecule has 0 amide bonds. The number of rotatable bonds is 4. The second-order valence-electron chi connectivity index (χ2n) is 5.06. The van der Waals surface area contributed by atoms with Gasteiger partial charge in [0.05, 0.1) is 5.02 Å². The number of hydrogen-bond donors (Lipinski definition) is 0. The van der Waals surface area contributed by atoms with Gasteiger partial charge in [-0.2, -0.15) is 0 Å². The summed E-state index contributed by atoms with van der Waals surface area (Å²) in [6, 6.07) is 7.74. The summed E-state index contributed by atoms with van der Waals surface area (Å²) < 4.78 is 18.3. The van der Waals surface area contributed by atoms with E-state index >= 15 is 0 Å². The lowest BCUT2D eigenvalue weighted by Crippen LogP contribution is -2.14. The zero-order valence-electron chi connectivity index (χ0n) is 12.2. The second-order valence-corrected chi connectivity index (χ2v) is 5.47. The molecule has 0 heterocycles. The summed E-state index contributed by atoms with van der Waals surface area (Å²) in [4.78, 5) is 12.3. The van der Waals surface area contributed by atoms with Crippen molar-refractivity contribution in [1.29, 1.82) is 0 Å². The molecular formula is C17H16ClFO2. The molecule has 2 aromatic carbocycles. The van der Waals surface area contributed by atoms with Gasteiger partial charge in [-0.05, 0) is 50.1 Å². The summed E-state index contributed by atoms with van der Waals surface area (Å²) in [6.07, 6.45) is 0. The molecular weight excluding hydrogens is 291 g/mol. The number of hydrogen-bond acceptors (Lipinski definition) is 2. The maximum absolute atomic E-state index is 12.9. The largest absolute Gasteiger partial charge is 0.484 e. The Kier molecular flexibility index (Phi) is 4.63. The Morgan fingerprint density at radius 3 is 2.33 bits per heavy atom. The molecule has 0 radical (unpaired) electrons. The van der Waals surface area contributed by atoms with Crippen LogP contribution >= 0.6 is 11.6 Å². The van der Waals surface area contributed by atoms with Crippen molar-refractivity contribution in [3.8, 4) is 5.75 Å². The SMILES string of the molecule is Cc1cc(C)c(C(=O)COc2ccc(F)cc2Cl)c(C)c1. The Balaban J connectivity index is 2.16. The molecule has 2 aromatic rings. The van der Waals surface area contributed by atoms with E-state index in [9.17, 15) is 9.18 Å². The molecule has 0 aliphatic carbocycles. The quantitative estimate of drug-likeness (QED) is 0.768. The number of benzene rings is 2. The standard InChI is InChI=1S/C17H16ClFO2/c1-10-6-11(2)17(12(3)7-10)15(20)9-21-16-5-4-13(19)8-14(16)18/h4-8H,9H2,1-3H3. The first-order chi connectivity index (χ1) is 9.88. The fourth-order valence-electron chi connectivity index (χ4n) is 2.43. The summed E-state index contributed by atoms with van der Waals surface area (Å²) in [6.45, 7) is 5.66. The van der Waals surface area contributed by atoms with Gasteiger partial charge in [-0.3, -0.25) is 4.79 Å². The van der Waals surface area contributed by atoms with Gasteiger partial charge >= 0.3 is 0 Å². The Morgan fingerprint density at radius 1 is 1.14 bits per heavy atom. The van der Waals surface area contributed by atoms with Crippen molar-refractivity contribution in [1.82, 2.24) is 0 Å². The van der Waals surface area contributed by atoms with Crippen LogP contribution < -0.4 is 4.74 Å². The van der Waals surface area contributed by atoms with Gasteiger partial charge in [-0.1, -0.05) is 29.3 Å². The number of carbonyl (C=O) groups is 1. The minimum Gasteiger partial charge on any atom is -0.484 e. The summed E-state index contributed by atoms with van der Waals surface area (Å²) in [5.74, 6) is -0.261. The highest BCUT2D eigenvalue weighted by Crippen LogP contribution is 2.25. The van der Waals surface area contributed by atoms with Crippen LogP contribution in [0.4, 0.5) is 4.39 Å². The van der Waals surface area contributed by atoms with Crippen molar-refractivity contribution in [3.05, 3.63) is 63.4 Å². The Hall–Kier alpha value is -1.87. The maximum Gasteiger partial charge on any atom is 0.200 e. The molecule has 0 aliphatic heterocycles. The van der Waals surface area contributed by atoms with E-state index in [0.29, 0.717) is 11.3 Å². The molecule has 0 fully saturated rings. The first-order valence-electron chi connectivity index (χ1n) is 6.57. The average Bonchev–Trinajstić information content (AvgIpc) is 2.36. The van der Waals surface area contributed by atoms with E-state index in [-0.39, 0.29) is 17.4 Å². The lowest BCUT2D eigenvalue weighted by molar-refractivity contribution is 0.0920. The molecule has 4 heteroatoms. The van der Waals surface area contributed by atoms with Crippen molar-refractivity contribution in [2.24, 2.45) is 0 Å². The van der Waals surface area contributed by atoms with Gasteiger partial charge in [0.15, 0.2) is 6.61 Å². The summed E-state index contributed by atoms with van der Waals surface area (Å²) in [7, 11) is 0. The van der Waals surface area contributed by atoms with Crippen LogP contribution in [-0.2, 0) is 0 Å². The number of halogens is 2. The van der Waals surface area contributed by atoms with Crippen molar-refractivity contribution in [2.45, 2.75) is 20.8 Å². The average molecular weight is 307 g/mol. The van der Waals surface area contributed by atoms with E-state index in [1.165, 1.54) is 12.1 Å². The Bertz CT molecular complexity index is 672. The van der Waals surface area contributed by atoms with Crippen molar-refractivity contribution >= 4 is 17.4 Å². The molecule has 0 spiro atoms. The molecule has 21 heavy (non-hydrogen) atoms. The monoisotopic (exact) mass is 306 g/mol. The lowest BCUT2D eigenvalue weighted by Gasteiger charge is -2.12. The van der Waals surface area contributed by atoms with E-state index in [1.54, 1.807) is 0 Å². The maximum atomic E-state index is 12.9. The molecule has 0 atom stereocenters. The third kappa shape index (κ3) is 3.61. The van der Waals surface area contributed by atoms with E-state index < -0.39 is 5.82 Å². The topological polar surface area (TPSA) is 26.3 Å². The van der Waals surface area contributed by atoms with Crippen LogP contribution in [0.2, 0.25) is 5.02 Å². The van der Waals surface area contributed by atoms with Crippen molar-refractivity contribution in [3.63, 3.8) is 0 Å². The molecule has 0 bridgehead atoms. The minimum absolute atomic E-state index is 0.120. The highest BCUT2D eigenvalue weighted by Gasteiger charge is 2.14. The first kappa shape index (κ1) is 15.5. The van der Waals surface area contributed by atoms with E-state index in [1.807, 2.05) is 32.9 Å². The first-order valence-corrected chi connectivity index (χ1v) is 6.95. The van der Waals surface area contributed by atoms with Crippen LogP contribution in [0.3, 0.4) is 0 Å². The number of ether oxygens (including phenoxy) is 1. The molecule has 0 aliphatic rings. The number of carbonyl (C=O) groups excluding carboxylic acids is 1. The minimum atomic E-state index is -0.441.